The van der Waals surface area contributed by atoms with Gasteiger partial charge in [-0.25, -0.2) is 0 Å². The van der Waals surface area contributed by atoms with Gasteiger partial charge in [-0.2, -0.15) is 0 Å². The first kappa shape index (κ1) is 13.8. The van der Waals surface area contributed by atoms with Crippen LogP contribution in [-0.4, -0.2) is 12.0 Å². The Morgan fingerprint density at radius 2 is 1.63 bits per heavy atom. The number of hydrogen-bond donors (Lipinski definition) is 1. The van der Waals surface area contributed by atoms with Gasteiger partial charge in [0.1, 0.15) is 0 Å². The molecule has 100 valence electrons. The van der Waals surface area contributed by atoms with Crippen molar-refractivity contribution in [1.29, 1.82) is 0 Å². The molecule has 0 saturated heterocycles. The standard InChI is InChI=1S/C17H22N2/c1-11-8-13(3)16(9-12(11)2)17(18-5)15-7-6-14(4)19-10-15/h6-10,17-18H,1-5H3. The minimum atomic E-state index is 0.201. The van der Waals surface area contributed by atoms with E-state index in [4.69, 9.17) is 0 Å². The highest BCUT2D eigenvalue weighted by atomic mass is 14.9. The number of aromatic nitrogens is 1. The maximum atomic E-state index is 4.40. The summed E-state index contributed by atoms with van der Waals surface area (Å²) in [6, 6.07) is 8.96. The molecule has 0 aliphatic carbocycles. The third-order valence-corrected chi connectivity index (χ3v) is 3.75. The SMILES string of the molecule is CNC(c1ccc(C)nc1)c1cc(C)c(C)cc1C. The molecule has 0 aliphatic rings. The number of benzene rings is 1. The van der Waals surface area contributed by atoms with Crippen molar-refractivity contribution in [3.05, 3.63) is 64.0 Å². The molecule has 1 N–H and O–H groups in total. The molecule has 1 atom stereocenters. The van der Waals surface area contributed by atoms with E-state index in [1.165, 1.54) is 27.8 Å². The Bertz CT molecular complexity index is 571. The summed E-state index contributed by atoms with van der Waals surface area (Å²) >= 11 is 0. The van der Waals surface area contributed by atoms with Crippen LogP contribution in [0.25, 0.3) is 0 Å². The van der Waals surface area contributed by atoms with E-state index >= 15 is 0 Å². The van der Waals surface area contributed by atoms with Gasteiger partial charge in [0.2, 0.25) is 0 Å². The zero-order chi connectivity index (χ0) is 14.0. The number of nitrogens with one attached hydrogen (secondary N) is 1. The predicted octanol–water partition coefficient (Wildman–Crippen LogP) is 3.62. The molecule has 2 nitrogen and oxygen atoms in total. The summed E-state index contributed by atoms with van der Waals surface area (Å²) in [6.07, 6.45) is 1.96. The molecule has 0 fully saturated rings. The molecule has 0 saturated carbocycles. The van der Waals surface area contributed by atoms with Gasteiger partial charge in [-0.05, 0) is 68.6 Å². The molecule has 1 aromatic heterocycles. The Labute approximate surface area is 115 Å². The Balaban J connectivity index is 2.47. The highest BCUT2D eigenvalue weighted by molar-refractivity contribution is 5.42. The van der Waals surface area contributed by atoms with Crippen LogP contribution < -0.4 is 5.32 Å². The van der Waals surface area contributed by atoms with Gasteiger partial charge < -0.3 is 5.32 Å². The lowest BCUT2D eigenvalue weighted by molar-refractivity contribution is 0.683. The van der Waals surface area contributed by atoms with Gasteiger partial charge in [0.05, 0.1) is 6.04 Å². The monoisotopic (exact) mass is 254 g/mol. The lowest BCUT2D eigenvalue weighted by atomic mass is 9.92. The number of aryl methyl sites for hydroxylation is 4. The van der Waals surface area contributed by atoms with Gasteiger partial charge in [-0.3, -0.25) is 4.98 Å². The third-order valence-electron chi connectivity index (χ3n) is 3.75. The second-order valence-electron chi connectivity index (χ2n) is 5.25. The lowest BCUT2D eigenvalue weighted by Gasteiger charge is -2.20. The van der Waals surface area contributed by atoms with E-state index < -0.39 is 0 Å². The second-order valence-corrected chi connectivity index (χ2v) is 5.25. The summed E-state index contributed by atoms with van der Waals surface area (Å²) < 4.78 is 0. The first-order valence-electron chi connectivity index (χ1n) is 6.70. The summed E-state index contributed by atoms with van der Waals surface area (Å²) in [4.78, 5) is 4.40. The van der Waals surface area contributed by atoms with Crippen LogP contribution in [0.3, 0.4) is 0 Å². The zero-order valence-corrected chi connectivity index (χ0v) is 12.4. The van der Waals surface area contributed by atoms with Crippen molar-refractivity contribution in [1.82, 2.24) is 10.3 Å². The highest BCUT2D eigenvalue weighted by Gasteiger charge is 2.15. The van der Waals surface area contributed by atoms with Gasteiger partial charge in [0.25, 0.3) is 0 Å². The van der Waals surface area contributed by atoms with Crippen LogP contribution in [0.2, 0.25) is 0 Å². The average Bonchev–Trinajstić information content (AvgIpc) is 2.38. The lowest BCUT2D eigenvalue weighted by Crippen LogP contribution is -2.19. The average molecular weight is 254 g/mol. The molecule has 0 bridgehead atoms. The zero-order valence-electron chi connectivity index (χ0n) is 12.4. The van der Waals surface area contributed by atoms with Gasteiger partial charge in [-0.1, -0.05) is 18.2 Å². The summed E-state index contributed by atoms with van der Waals surface area (Å²) in [5, 5.41) is 3.40. The molecular weight excluding hydrogens is 232 g/mol. The summed E-state index contributed by atoms with van der Waals surface area (Å²) in [6.45, 7) is 8.51. The summed E-state index contributed by atoms with van der Waals surface area (Å²) in [7, 11) is 2.00. The minimum Gasteiger partial charge on any atom is -0.309 e. The molecule has 1 aromatic carbocycles. The quantitative estimate of drug-likeness (QED) is 0.905. The van der Waals surface area contributed by atoms with Gasteiger partial charge in [0.15, 0.2) is 0 Å². The number of nitrogens with zero attached hydrogens (tertiary/aromatic N) is 1. The number of pyridine rings is 1. The first-order chi connectivity index (χ1) is 9.02. The van der Waals surface area contributed by atoms with Crippen molar-refractivity contribution >= 4 is 0 Å². The Hall–Kier alpha value is -1.67. The smallest absolute Gasteiger partial charge is 0.0592 e. The Kier molecular flexibility index (Phi) is 4.01. The van der Waals surface area contributed by atoms with Crippen LogP contribution in [0.15, 0.2) is 30.5 Å². The maximum Gasteiger partial charge on any atom is 0.0592 e. The summed E-state index contributed by atoms with van der Waals surface area (Å²) in [5.74, 6) is 0. The molecule has 1 heterocycles. The van der Waals surface area contributed by atoms with E-state index in [1.54, 1.807) is 0 Å². The molecule has 0 amide bonds. The van der Waals surface area contributed by atoms with E-state index in [0.29, 0.717) is 0 Å². The van der Waals surface area contributed by atoms with E-state index in [-0.39, 0.29) is 6.04 Å². The normalized spacial score (nSPS) is 12.5. The van der Waals surface area contributed by atoms with Crippen molar-refractivity contribution in [2.75, 3.05) is 7.05 Å². The van der Waals surface area contributed by atoms with Crippen LogP contribution in [0, 0.1) is 27.7 Å². The fraction of sp³-hybridized carbons (Fsp3) is 0.353. The van der Waals surface area contributed by atoms with Crippen molar-refractivity contribution in [3.63, 3.8) is 0 Å². The van der Waals surface area contributed by atoms with Crippen LogP contribution in [0.5, 0.6) is 0 Å². The van der Waals surface area contributed by atoms with Gasteiger partial charge >= 0.3 is 0 Å². The largest absolute Gasteiger partial charge is 0.309 e. The van der Waals surface area contributed by atoms with Crippen molar-refractivity contribution < 1.29 is 0 Å². The third kappa shape index (κ3) is 2.85. The van der Waals surface area contributed by atoms with Crippen LogP contribution in [-0.2, 0) is 0 Å². The molecule has 2 rings (SSSR count). The van der Waals surface area contributed by atoms with E-state index in [0.717, 1.165) is 5.69 Å². The van der Waals surface area contributed by atoms with Crippen molar-refractivity contribution in [2.45, 2.75) is 33.7 Å². The molecule has 0 aliphatic heterocycles. The van der Waals surface area contributed by atoms with Crippen LogP contribution >= 0.6 is 0 Å². The molecule has 0 radical (unpaired) electrons. The first-order valence-corrected chi connectivity index (χ1v) is 6.70. The molecule has 0 spiro atoms. The second kappa shape index (κ2) is 5.54. The summed E-state index contributed by atoms with van der Waals surface area (Å²) in [5.41, 5.74) is 7.59. The van der Waals surface area contributed by atoms with Gasteiger partial charge in [0, 0.05) is 11.9 Å². The minimum absolute atomic E-state index is 0.201. The maximum absolute atomic E-state index is 4.40. The fourth-order valence-electron chi connectivity index (χ4n) is 2.45. The molecule has 19 heavy (non-hydrogen) atoms. The molecular formula is C17H22N2. The van der Waals surface area contributed by atoms with Crippen LogP contribution in [0.4, 0.5) is 0 Å². The van der Waals surface area contributed by atoms with Crippen LogP contribution in [0.1, 0.15) is 39.6 Å². The molecule has 2 heteroatoms. The van der Waals surface area contributed by atoms with E-state index in [2.05, 4.69) is 55.3 Å². The van der Waals surface area contributed by atoms with Crippen molar-refractivity contribution in [2.24, 2.45) is 0 Å². The topological polar surface area (TPSA) is 24.9 Å². The van der Waals surface area contributed by atoms with Gasteiger partial charge in [-0.15, -0.1) is 0 Å². The fourth-order valence-corrected chi connectivity index (χ4v) is 2.45. The van der Waals surface area contributed by atoms with E-state index in [1.807, 2.05) is 20.2 Å². The highest BCUT2D eigenvalue weighted by Crippen LogP contribution is 2.26. The molecule has 2 aromatic rings. The Morgan fingerprint density at radius 1 is 0.947 bits per heavy atom. The predicted molar refractivity (Wildman–Crippen MR) is 80.5 cm³/mol. The molecule has 1 unspecified atom stereocenters. The number of rotatable bonds is 3. The van der Waals surface area contributed by atoms with E-state index in [9.17, 15) is 0 Å². The van der Waals surface area contributed by atoms with Crippen molar-refractivity contribution in [3.8, 4) is 0 Å². The number of hydrogen-bond acceptors (Lipinski definition) is 2. The Morgan fingerprint density at radius 3 is 2.21 bits per heavy atom.